The predicted molar refractivity (Wildman–Crippen MR) is 96.8 cm³/mol. The smallest absolute Gasteiger partial charge is 0.315 e. The minimum absolute atomic E-state index is 0.102. The molecule has 1 aromatic carbocycles. The molecule has 1 aromatic heterocycles. The largest absolute Gasteiger partial charge is 0.338 e. The van der Waals surface area contributed by atoms with Gasteiger partial charge in [-0.25, -0.2) is 9.78 Å². The highest BCUT2D eigenvalue weighted by Crippen LogP contribution is 2.18. The molecule has 128 valence electrons. The quantitative estimate of drug-likeness (QED) is 0.847. The van der Waals surface area contributed by atoms with Crippen molar-refractivity contribution in [1.82, 2.24) is 20.5 Å². The van der Waals surface area contributed by atoms with Crippen molar-refractivity contribution in [3.63, 3.8) is 0 Å². The number of piperidine rings is 1. The molecule has 1 aliphatic rings. The molecule has 2 aromatic rings. The first-order valence-electron chi connectivity index (χ1n) is 8.44. The normalized spacial score (nSPS) is 16.0. The third-order valence-corrected chi connectivity index (χ3v) is 5.06. The number of nitrogens with zero attached hydrogens (tertiary/aromatic N) is 2. The van der Waals surface area contributed by atoms with Crippen LogP contribution in [0, 0.1) is 5.92 Å². The Labute approximate surface area is 147 Å². The number of hydrogen-bond donors (Lipinski definition) is 2. The number of hydrogen-bond acceptors (Lipinski definition) is 4. The van der Waals surface area contributed by atoms with E-state index in [1.54, 1.807) is 16.8 Å². The third-order valence-electron chi connectivity index (χ3n) is 4.42. The van der Waals surface area contributed by atoms with Gasteiger partial charge in [0.15, 0.2) is 0 Å². The van der Waals surface area contributed by atoms with Gasteiger partial charge in [0.05, 0.1) is 17.7 Å². The second-order valence-corrected chi connectivity index (χ2v) is 6.97. The molecule has 24 heavy (non-hydrogen) atoms. The van der Waals surface area contributed by atoms with Crippen molar-refractivity contribution in [3.05, 3.63) is 52.5 Å². The molecule has 5 nitrogen and oxygen atoms in total. The topological polar surface area (TPSA) is 57.3 Å². The molecule has 0 spiro atoms. The van der Waals surface area contributed by atoms with Crippen LogP contribution in [0.2, 0.25) is 0 Å². The number of thiazole rings is 1. The van der Waals surface area contributed by atoms with E-state index in [0.29, 0.717) is 12.5 Å². The second kappa shape index (κ2) is 8.80. The Morgan fingerprint density at radius 3 is 2.71 bits per heavy atom. The van der Waals surface area contributed by atoms with Crippen LogP contribution in [0.4, 0.5) is 4.79 Å². The van der Waals surface area contributed by atoms with Gasteiger partial charge < -0.3 is 10.6 Å². The van der Waals surface area contributed by atoms with Crippen molar-refractivity contribution >= 4 is 17.4 Å². The second-order valence-electron chi connectivity index (χ2n) is 6.25. The number of benzene rings is 1. The lowest BCUT2D eigenvalue weighted by Crippen LogP contribution is -2.41. The highest BCUT2D eigenvalue weighted by Gasteiger charge is 2.19. The van der Waals surface area contributed by atoms with Gasteiger partial charge >= 0.3 is 6.03 Å². The maximum absolute atomic E-state index is 11.8. The first kappa shape index (κ1) is 16.9. The third kappa shape index (κ3) is 5.32. The summed E-state index contributed by atoms with van der Waals surface area (Å²) < 4.78 is 0. The lowest BCUT2D eigenvalue weighted by atomic mass is 9.96. The molecule has 6 heteroatoms. The van der Waals surface area contributed by atoms with E-state index in [1.165, 1.54) is 5.56 Å². The summed E-state index contributed by atoms with van der Waals surface area (Å²) >= 11 is 1.54. The molecule has 0 saturated carbocycles. The van der Waals surface area contributed by atoms with Gasteiger partial charge in [0.25, 0.3) is 0 Å². The summed E-state index contributed by atoms with van der Waals surface area (Å²) in [4.78, 5) is 18.5. The average Bonchev–Trinajstić information content (AvgIpc) is 3.14. The predicted octanol–water partition coefficient (Wildman–Crippen LogP) is 2.85. The van der Waals surface area contributed by atoms with Crippen LogP contribution in [-0.4, -0.2) is 35.5 Å². The van der Waals surface area contributed by atoms with E-state index >= 15 is 0 Å². The molecule has 0 aliphatic carbocycles. The summed E-state index contributed by atoms with van der Waals surface area (Å²) in [6.45, 7) is 4.46. The van der Waals surface area contributed by atoms with Crippen molar-refractivity contribution in [3.8, 4) is 0 Å². The molecule has 0 atom stereocenters. The SMILES string of the molecule is O=C(NCc1cscn1)NCC1CCN(Cc2ccccc2)CC1. The molecule has 0 bridgehead atoms. The number of aromatic nitrogens is 1. The van der Waals surface area contributed by atoms with Crippen LogP contribution in [0.3, 0.4) is 0 Å². The first-order valence-corrected chi connectivity index (χ1v) is 9.39. The molecule has 1 aliphatic heterocycles. The van der Waals surface area contributed by atoms with Gasteiger partial charge in [-0.15, -0.1) is 11.3 Å². The molecular weight excluding hydrogens is 320 g/mol. The minimum Gasteiger partial charge on any atom is -0.338 e. The van der Waals surface area contributed by atoms with Gasteiger partial charge in [-0.05, 0) is 37.4 Å². The van der Waals surface area contributed by atoms with Crippen molar-refractivity contribution in [1.29, 1.82) is 0 Å². The summed E-state index contributed by atoms with van der Waals surface area (Å²) in [5.41, 5.74) is 4.05. The molecule has 2 N–H and O–H groups in total. The molecule has 2 heterocycles. The fraction of sp³-hybridized carbons (Fsp3) is 0.444. The Morgan fingerprint density at radius 1 is 1.21 bits per heavy atom. The molecule has 1 saturated heterocycles. The van der Waals surface area contributed by atoms with E-state index in [2.05, 4.69) is 50.8 Å². The summed E-state index contributed by atoms with van der Waals surface area (Å²) in [5, 5.41) is 7.78. The van der Waals surface area contributed by atoms with E-state index in [4.69, 9.17) is 0 Å². The minimum atomic E-state index is -0.102. The fourth-order valence-electron chi connectivity index (χ4n) is 2.99. The van der Waals surface area contributed by atoms with Crippen LogP contribution < -0.4 is 10.6 Å². The van der Waals surface area contributed by atoms with E-state index in [0.717, 1.165) is 44.7 Å². The van der Waals surface area contributed by atoms with Crippen LogP contribution in [0.1, 0.15) is 24.1 Å². The maximum atomic E-state index is 11.8. The van der Waals surface area contributed by atoms with Gasteiger partial charge in [-0.1, -0.05) is 30.3 Å². The van der Waals surface area contributed by atoms with Crippen molar-refractivity contribution < 1.29 is 4.79 Å². The Hall–Kier alpha value is -1.92. The van der Waals surface area contributed by atoms with E-state index < -0.39 is 0 Å². The van der Waals surface area contributed by atoms with E-state index in [9.17, 15) is 4.79 Å². The highest BCUT2D eigenvalue weighted by molar-refractivity contribution is 7.07. The molecule has 0 radical (unpaired) electrons. The van der Waals surface area contributed by atoms with Crippen LogP contribution >= 0.6 is 11.3 Å². The zero-order valence-corrected chi connectivity index (χ0v) is 14.6. The Kier molecular flexibility index (Phi) is 6.20. The first-order chi connectivity index (χ1) is 11.8. The molecule has 0 unspecified atom stereocenters. The van der Waals surface area contributed by atoms with E-state index in [-0.39, 0.29) is 6.03 Å². The number of rotatable bonds is 6. The molecule has 1 fully saturated rings. The molecular formula is C18H24N4OS. The van der Waals surface area contributed by atoms with Crippen molar-refractivity contribution in [2.24, 2.45) is 5.92 Å². The number of amides is 2. The Morgan fingerprint density at radius 2 is 2.00 bits per heavy atom. The zero-order chi connectivity index (χ0) is 16.6. The van der Waals surface area contributed by atoms with E-state index in [1.807, 2.05) is 5.38 Å². The molecule has 3 rings (SSSR count). The monoisotopic (exact) mass is 344 g/mol. The van der Waals surface area contributed by atoms with Gasteiger partial charge in [0.1, 0.15) is 0 Å². The summed E-state index contributed by atoms with van der Waals surface area (Å²) in [6, 6.07) is 10.5. The number of urea groups is 1. The Balaban J connectivity index is 1.31. The van der Waals surface area contributed by atoms with Crippen LogP contribution in [0.25, 0.3) is 0 Å². The number of likely N-dealkylation sites (tertiary alicyclic amines) is 1. The number of nitrogens with one attached hydrogen (secondary N) is 2. The summed E-state index contributed by atoms with van der Waals surface area (Å²) in [5.74, 6) is 0.571. The van der Waals surface area contributed by atoms with Gasteiger partial charge in [0, 0.05) is 18.5 Å². The van der Waals surface area contributed by atoms with Crippen molar-refractivity contribution in [2.75, 3.05) is 19.6 Å². The highest BCUT2D eigenvalue weighted by atomic mass is 32.1. The fourth-order valence-corrected chi connectivity index (χ4v) is 3.54. The van der Waals surface area contributed by atoms with Crippen LogP contribution in [-0.2, 0) is 13.1 Å². The van der Waals surface area contributed by atoms with Gasteiger partial charge in [0.2, 0.25) is 0 Å². The number of carbonyl (C=O) groups excluding carboxylic acids is 1. The zero-order valence-electron chi connectivity index (χ0n) is 13.8. The average molecular weight is 344 g/mol. The number of carbonyl (C=O) groups is 1. The van der Waals surface area contributed by atoms with Crippen LogP contribution in [0.5, 0.6) is 0 Å². The molecule has 2 amide bonds. The standard InChI is InChI=1S/C18H24N4OS/c23-18(20-11-17-13-24-14-21-17)19-10-15-6-8-22(9-7-15)12-16-4-2-1-3-5-16/h1-5,13-15H,6-12H2,(H2,19,20,23). The van der Waals surface area contributed by atoms with Gasteiger partial charge in [-0.2, -0.15) is 0 Å². The maximum Gasteiger partial charge on any atom is 0.315 e. The lowest BCUT2D eigenvalue weighted by molar-refractivity contribution is 0.175. The van der Waals surface area contributed by atoms with Gasteiger partial charge in [-0.3, -0.25) is 4.90 Å². The summed E-state index contributed by atoms with van der Waals surface area (Å²) in [6.07, 6.45) is 2.28. The van der Waals surface area contributed by atoms with Crippen LogP contribution in [0.15, 0.2) is 41.2 Å². The summed E-state index contributed by atoms with van der Waals surface area (Å²) in [7, 11) is 0. The Bertz CT molecular complexity index is 609. The lowest BCUT2D eigenvalue weighted by Gasteiger charge is -2.32. The van der Waals surface area contributed by atoms with Crippen molar-refractivity contribution in [2.45, 2.75) is 25.9 Å².